The van der Waals surface area contributed by atoms with Crippen LogP contribution in [0.1, 0.15) is 168 Å². The lowest BCUT2D eigenvalue weighted by atomic mass is 9.85. The zero-order valence-corrected chi connectivity index (χ0v) is 39.2. The number of hydrogen-bond acceptors (Lipinski definition) is 12. The maximum atomic E-state index is 12.8. The van der Waals surface area contributed by atoms with Crippen molar-refractivity contribution in [3.63, 3.8) is 0 Å². The van der Waals surface area contributed by atoms with Crippen molar-refractivity contribution in [3.8, 4) is 0 Å². The summed E-state index contributed by atoms with van der Waals surface area (Å²) < 4.78 is 33.5. The van der Waals surface area contributed by atoms with Gasteiger partial charge in [0.15, 0.2) is 6.10 Å². The first kappa shape index (κ1) is 58.3. The van der Waals surface area contributed by atoms with Gasteiger partial charge in [-0.25, -0.2) is 4.57 Å². The van der Waals surface area contributed by atoms with Gasteiger partial charge >= 0.3 is 19.8 Å². The van der Waals surface area contributed by atoms with Crippen LogP contribution in [0.4, 0.5) is 0 Å². The van der Waals surface area contributed by atoms with Crippen LogP contribution in [0.5, 0.6) is 0 Å². The molecule has 63 heavy (non-hydrogen) atoms. The number of ether oxygens (including phenoxy) is 2. The van der Waals surface area contributed by atoms with Gasteiger partial charge in [0.1, 0.15) is 43.2 Å². The molecule has 0 heterocycles. The number of rotatable bonds is 38. The van der Waals surface area contributed by atoms with Gasteiger partial charge < -0.3 is 39.9 Å². The molecule has 0 aromatic rings. The second-order valence-electron chi connectivity index (χ2n) is 16.2. The zero-order chi connectivity index (χ0) is 46.4. The number of carbonyl (C=O) groups is 2. The minimum Gasteiger partial charge on any atom is -0.462 e. The molecule has 1 aliphatic carbocycles. The second-order valence-corrected chi connectivity index (χ2v) is 17.6. The highest BCUT2D eigenvalue weighted by Crippen LogP contribution is 2.47. The van der Waals surface area contributed by atoms with Crippen LogP contribution in [-0.4, -0.2) is 98.3 Å². The molecule has 0 amide bonds. The van der Waals surface area contributed by atoms with Gasteiger partial charge in [0, 0.05) is 12.8 Å². The Bertz CT molecular complexity index is 1380. The zero-order valence-electron chi connectivity index (χ0n) is 38.3. The fourth-order valence-electron chi connectivity index (χ4n) is 6.72. The predicted molar refractivity (Wildman–Crippen MR) is 249 cm³/mol. The van der Waals surface area contributed by atoms with E-state index < -0.39 is 75.7 Å². The average Bonchev–Trinajstić information content (AvgIpc) is 3.26. The first-order chi connectivity index (χ1) is 30.4. The number of phosphoric ester groups is 1. The van der Waals surface area contributed by atoms with Crippen molar-refractivity contribution >= 4 is 19.8 Å². The fourth-order valence-corrected chi connectivity index (χ4v) is 7.69. The molecule has 0 bridgehead atoms. The van der Waals surface area contributed by atoms with E-state index in [1.165, 1.54) is 38.5 Å². The SMILES string of the molecule is CC/C=C\C/C=C\C/C=C\C/C=C\C/C=C\CCCCCC(=O)O[C@H](COC(=O)CCCCCCC/C=C\CCCCCCCC)COP(=O)(O)OC1[C@H](O)[C@H](O)C(O)[C@H](O)[C@H]1O. The van der Waals surface area contributed by atoms with Gasteiger partial charge in [0.25, 0.3) is 0 Å². The standard InChI is InChI=1S/C49H83O13P/c1-3-5-7-9-11-13-15-17-19-20-21-22-24-26-28-30-32-34-36-38-43(51)61-41(40-60-63(57,58)62-49-47(55)45(53)44(52)46(54)48(49)56)39-59-42(50)37-35-33-31-29-27-25-23-18-16-14-12-10-8-6-4-2/h5,7,11,13,17-19,21-23,26,28,41,44-49,52-56H,3-4,6,8-10,12,14-16,20,24-25,27,29-40H2,1-2H3,(H,57,58)/b7-5-,13-11-,19-17-,22-21-,23-18-,28-26-/t41-,44?,45-,46+,47-,48-,49?/m1/s1. The van der Waals surface area contributed by atoms with E-state index >= 15 is 0 Å². The molecule has 3 unspecified atom stereocenters. The third-order valence-electron chi connectivity index (χ3n) is 10.5. The maximum absolute atomic E-state index is 12.8. The summed E-state index contributed by atoms with van der Waals surface area (Å²) in [4.78, 5) is 35.7. The fraction of sp³-hybridized carbons (Fsp3) is 0.714. The monoisotopic (exact) mass is 911 g/mol. The van der Waals surface area contributed by atoms with Crippen LogP contribution >= 0.6 is 7.82 Å². The van der Waals surface area contributed by atoms with Gasteiger partial charge in [-0.15, -0.1) is 0 Å². The third kappa shape index (κ3) is 31.0. The maximum Gasteiger partial charge on any atom is 0.472 e. The van der Waals surface area contributed by atoms with Gasteiger partial charge in [0.05, 0.1) is 6.61 Å². The van der Waals surface area contributed by atoms with E-state index in [9.17, 15) is 44.6 Å². The summed E-state index contributed by atoms with van der Waals surface area (Å²) in [5.41, 5.74) is 0. The quantitative estimate of drug-likeness (QED) is 0.0148. The van der Waals surface area contributed by atoms with Gasteiger partial charge in [-0.05, 0) is 83.5 Å². The lowest BCUT2D eigenvalue weighted by molar-refractivity contribution is -0.220. The largest absolute Gasteiger partial charge is 0.472 e. The molecule has 14 heteroatoms. The molecule has 1 saturated carbocycles. The Morgan fingerprint density at radius 2 is 0.905 bits per heavy atom. The molecular formula is C49H83O13P. The van der Waals surface area contributed by atoms with Crippen molar-refractivity contribution in [1.82, 2.24) is 0 Å². The number of phosphoric acid groups is 1. The van der Waals surface area contributed by atoms with E-state index in [1.807, 2.05) is 0 Å². The number of esters is 2. The molecule has 1 aliphatic rings. The summed E-state index contributed by atoms with van der Waals surface area (Å²) in [5, 5.41) is 50.2. The van der Waals surface area contributed by atoms with Crippen molar-refractivity contribution in [2.75, 3.05) is 13.2 Å². The van der Waals surface area contributed by atoms with Gasteiger partial charge in [0.2, 0.25) is 0 Å². The summed E-state index contributed by atoms with van der Waals surface area (Å²) in [6, 6.07) is 0. The van der Waals surface area contributed by atoms with E-state index in [-0.39, 0.29) is 12.8 Å². The summed E-state index contributed by atoms with van der Waals surface area (Å²) in [6.45, 7) is 3.14. The van der Waals surface area contributed by atoms with Crippen molar-refractivity contribution in [1.29, 1.82) is 0 Å². The average molecular weight is 911 g/mol. The van der Waals surface area contributed by atoms with Crippen LogP contribution in [-0.2, 0) is 32.7 Å². The second kappa shape index (κ2) is 38.5. The van der Waals surface area contributed by atoms with Crippen LogP contribution in [0.2, 0.25) is 0 Å². The Morgan fingerprint density at radius 1 is 0.508 bits per heavy atom. The highest BCUT2D eigenvalue weighted by molar-refractivity contribution is 7.47. The first-order valence-electron chi connectivity index (χ1n) is 23.7. The molecule has 1 fully saturated rings. The summed E-state index contributed by atoms with van der Waals surface area (Å²) in [5.74, 6) is -1.15. The Balaban J connectivity index is 2.49. The Labute approximate surface area is 378 Å². The molecule has 0 spiro atoms. The molecule has 362 valence electrons. The number of aliphatic hydroxyl groups is 5. The summed E-state index contributed by atoms with van der Waals surface area (Å²) >= 11 is 0. The van der Waals surface area contributed by atoms with E-state index in [0.29, 0.717) is 12.8 Å². The molecule has 0 aliphatic heterocycles. The molecule has 0 saturated heterocycles. The van der Waals surface area contributed by atoms with Crippen LogP contribution in [0.25, 0.3) is 0 Å². The van der Waals surface area contributed by atoms with E-state index in [1.54, 1.807) is 0 Å². The lowest BCUT2D eigenvalue weighted by Gasteiger charge is -2.41. The van der Waals surface area contributed by atoms with Crippen LogP contribution in [0.15, 0.2) is 72.9 Å². The summed E-state index contributed by atoms with van der Waals surface area (Å²) in [6.07, 6.45) is 35.2. The molecule has 0 aromatic heterocycles. The number of allylic oxidation sites excluding steroid dienone is 12. The molecule has 0 aromatic carbocycles. The number of aliphatic hydroxyl groups excluding tert-OH is 5. The van der Waals surface area contributed by atoms with Crippen molar-refractivity contribution < 1.29 is 63.1 Å². The molecular weight excluding hydrogens is 828 g/mol. The molecule has 8 atom stereocenters. The Hall–Kier alpha value is -2.71. The summed E-state index contributed by atoms with van der Waals surface area (Å²) in [7, 11) is -5.13. The Kier molecular flexibility index (Phi) is 35.7. The molecule has 6 N–H and O–H groups in total. The normalized spacial score (nSPS) is 22.3. The van der Waals surface area contributed by atoms with Crippen molar-refractivity contribution in [2.45, 2.75) is 211 Å². The smallest absolute Gasteiger partial charge is 0.462 e. The van der Waals surface area contributed by atoms with Crippen LogP contribution < -0.4 is 0 Å². The number of hydrogen-bond donors (Lipinski definition) is 6. The van der Waals surface area contributed by atoms with Crippen molar-refractivity contribution in [2.24, 2.45) is 0 Å². The first-order valence-corrected chi connectivity index (χ1v) is 25.2. The predicted octanol–water partition coefficient (Wildman–Crippen LogP) is 9.50. The van der Waals surface area contributed by atoms with Crippen LogP contribution in [0.3, 0.4) is 0 Å². The highest BCUT2D eigenvalue weighted by Gasteiger charge is 2.51. The number of carbonyl (C=O) groups excluding carboxylic acids is 2. The molecule has 1 rings (SSSR count). The minimum atomic E-state index is -5.13. The molecule has 0 radical (unpaired) electrons. The third-order valence-corrected chi connectivity index (χ3v) is 11.5. The number of unbranched alkanes of at least 4 members (excludes halogenated alkanes) is 14. The lowest BCUT2D eigenvalue weighted by Crippen LogP contribution is -2.64. The molecule has 13 nitrogen and oxygen atoms in total. The topological polar surface area (TPSA) is 210 Å². The van der Waals surface area contributed by atoms with Gasteiger partial charge in [-0.1, -0.05) is 145 Å². The van der Waals surface area contributed by atoms with E-state index in [2.05, 4.69) is 86.8 Å². The highest BCUT2D eigenvalue weighted by atomic mass is 31.2. The van der Waals surface area contributed by atoms with Gasteiger partial charge in [-0.3, -0.25) is 18.6 Å². The minimum absolute atomic E-state index is 0.0525. The van der Waals surface area contributed by atoms with Crippen LogP contribution in [0, 0.1) is 0 Å². The van der Waals surface area contributed by atoms with Crippen molar-refractivity contribution in [3.05, 3.63) is 72.9 Å². The van der Waals surface area contributed by atoms with E-state index in [4.69, 9.17) is 18.5 Å². The Morgan fingerprint density at radius 3 is 1.41 bits per heavy atom. The van der Waals surface area contributed by atoms with E-state index in [0.717, 1.165) is 89.9 Å². The van der Waals surface area contributed by atoms with Gasteiger partial charge in [-0.2, -0.15) is 0 Å².